The number of carbonyl (C=O) groups is 1. The van der Waals surface area contributed by atoms with Gasteiger partial charge in [-0.3, -0.25) is 10.1 Å². The van der Waals surface area contributed by atoms with E-state index in [0.717, 1.165) is 32.0 Å². The molecule has 0 bridgehead atoms. The Morgan fingerprint density at radius 2 is 1.48 bits per heavy atom. The van der Waals surface area contributed by atoms with Gasteiger partial charge in [0.25, 0.3) is 0 Å². The zero-order valence-corrected chi connectivity index (χ0v) is 15.1. The van der Waals surface area contributed by atoms with Gasteiger partial charge in [-0.1, -0.05) is 55.5 Å². The second kappa shape index (κ2) is 16.8. The lowest BCUT2D eigenvalue weighted by Gasteiger charge is -2.13. The summed E-state index contributed by atoms with van der Waals surface area (Å²) in [6.45, 7) is 2.11. The summed E-state index contributed by atoms with van der Waals surface area (Å²) < 4.78 is 0. The van der Waals surface area contributed by atoms with Crippen molar-refractivity contribution in [1.29, 1.82) is 0 Å². The maximum atomic E-state index is 11.0. The molecule has 0 aliphatic heterocycles. The van der Waals surface area contributed by atoms with Crippen LogP contribution in [0.4, 0.5) is 0 Å². The molecule has 2 unspecified atom stereocenters. The van der Waals surface area contributed by atoms with Gasteiger partial charge in [0.1, 0.15) is 12.4 Å². The van der Waals surface area contributed by atoms with Crippen LogP contribution in [0.5, 0.6) is 0 Å². The minimum absolute atomic E-state index is 0.223. The summed E-state index contributed by atoms with van der Waals surface area (Å²) in [6.07, 6.45) is 20.9. The molecule has 0 saturated heterocycles. The fraction of sp³-hybridized carbons (Fsp3) is 0.550. The standard InChI is InChI=1S/C20H31NO4/c1-2-3-4-5-6-7-8-9-10-11-12-13-17-20(23)19(21(24)25)16-14-15-18-22/h3-4,6-7,9-10,12-13,18-20,23H,2,5,8,11,14-17H2,1H3/b4-3-,7-6-,10-9-,13-12-. The molecule has 5 heteroatoms. The van der Waals surface area contributed by atoms with Crippen LogP contribution in [0.25, 0.3) is 0 Å². The third kappa shape index (κ3) is 14.1. The minimum Gasteiger partial charge on any atom is -0.386 e. The molecule has 0 aromatic heterocycles. The van der Waals surface area contributed by atoms with Crippen molar-refractivity contribution in [2.75, 3.05) is 0 Å². The number of carbonyl (C=O) groups excluding carboxylic acids is 1. The second-order valence-electron chi connectivity index (χ2n) is 5.75. The van der Waals surface area contributed by atoms with E-state index in [1.165, 1.54) is 0 Å². The predicted molar refractivity (Wildman–Crippen MR) is 102 cm³/mol. The molecule has 0 spiro atoms. The van der Waals surface area contributed by atoms with Gasteiger partial charge in [0.05, 0.1) is 0 Å². The lowest BCUT2D eigenvalue weighted by Crippen LogP contribution is -2.33. The van der Waals surface area contributed by atoms with Crippen molar-refractivity contribution < 1.29 is 14.8 Å². The molecule has 140 valence electrons. The van der Waals surface area contributed by atoms with E-state index in [-0.39, 0.29) is 12.8 Å². The topological polar surface area (TPSA) is 80.4 Å². The fourth-order valence-corrected chi connectivity index (χ4v) is 2.22. The van der Waals surface area contributed by atoms with E-state index in [1.807, 2.05) is 12.2 Å². The molecule has 0 aromatic rings. The minimum atomic E-state index is -1.01. The molecule has 1 N–H and O–H groups in total. The molecular weight excluding hydrogens is 318 g/mol. The van der Waals surface area contributed by atoms with E-state index in [0.29, 0.717) is 12.8 Å². The first-order valence-corrected chi connectivity index (χ1v) is 8.98. The van der Waals surface area contributed by atoms with Gasteiger partial charge in [0.2, 0.25) is 6.04 Å². The van der Waals surface area contributed by atoms with E-state index < -0.39 is 17.1 Å². The summed E-state index contributed by atoms with van der Waals surface area (Å²) in [4.78, 5) is 20.8. The summed E-state index contributed by atoms with van der Waals surface area (Å²) in [7, 11) is 0. The Morgan fingerprint density at radius 3 is 1.96 bits per heavy atom. The number of aliphatic hydroxyl groups is 1. The Bertz CT molecular complexity index is 466. The molecule has 2 atom stereocenters. The first kappa shape index (κ1) is 23.0. The average Bonchev–Trinajstić information content (AvgIpc) is 2.59. The predicted octanol–water partition coefficient (Wildman–Crippen LogP) is 4.56. The maximum Gasteiger partial charge on any atom is 0.238 e. The molecule has 0 aliphatic rings. The monoisotopic (exact) mass is 349 g/mol. The first-order valence-electron chi connectivity index (χ1n) is 8.98. The van der Waals surface area contributed by atoms with Crippen LogP contribution in [-0.4, -0.2) is 28.5 Å². The second-order valence-corrected chi connectivity index (χ2v) is 5.75. The number of unbranched alkanes of at least 4 members (excludes halogenated alkanes) is 1. The quantitative estimate of drug-likeness (QED) is 0.154. The Morgan fingerprint density at radius 1 is 0.960 bits per heavy atom. The summed E-state index contributed by atoms with van der Waals surface area (Å²) in [5, 5.41) is 20.9. The van der Waals surface area contributed by atoms with Gasteiger partial charge in [-0.05, 0) is 38.5 Å². The van der Waals surface area contributed by atoms with E-state index in [9.17, 15) is 20.0 Å². The van der Waals surface area contributed by atoms with Gasteiger partial charge in [-0.2, -0.15) is 0 Å². The number of allylic oxidation sites excluding steroid dienone is 7. The third-order valence-electron chi connectivity index (χ3n) is 3.63. The number of rotatable bonds is 15. The Hall–Kier alpha value is -2.01. The van der Waals surface area contributed by atoms with Crippen LogP contribution in [-0.2, 0) is 4.79 Å². The molecule has 5 nitrogen and oxygen atoms in total. The van der Waals surface area contributed by atoms with Crippen molar-refractivity contribution in [3.8, 4) is 0 Å². The molecule has 0 aromatic carbocycles. The number of nitro groups is 1. The van der Waals surface area contributed by atoms with Gasteiger partial charge in [0, 0.05) is 17.8 Å². The van der Waals surface area contributed by atoms with Gasteiger partial charge >= 0.3 is 0 Å². The van der Waals surface area contributed by atoms with Crippen molar-refractivity contribution in [2.24, 2.45) is 0 Å². The van der Waals surface area contributed by atoms with Crippen molar-refractivity contribution in [1.82, 2.24) is 0 Å². The van der Waals surface area contributed by atoms with Crippen LogP contribution in [0.1, 0.15) is 58.3 Å². The molecule has 0 aliphatic carbocycles. The molecular formula is C20H31NO4. The molecule has 25 heavy (non-hydrogen) atoms. The first-order chi connectivity index (χ1) is 12.1. The van der Waals surface area contributed by atoms with Crippen LogP contribution in [0.2, 0.25) is 0 Å². The van der Waals surface area contributed by atoms with Crippen LogP contribution < -0.4 is 0 Å². The fourth-order valence-electron chi connectivity index (χ4n) is 2.22. The number of aldehydes is 1. The van der Waals surface area contributed by atoms with Gasteiger partial charge in [0.15, 0.2) is 0 Å². The molecule has 0 heterocycles. The summed E-state index contributed by atoms with van der Waals surface area (Å²) in [5.41, 5.74) is 0. The van der Waals surface area contributed by atoms with Crippen molar-refractivity contribution >= 4 is 6.29 Å². The smallest absolute Gasteiger partial charge is 0.238 e. The van der Waals surface area contributed by atoms with Crippen molar-refractivity contribution in [3.63, 3.8) is 0 Å². The van der Waals surface area contributed by atoms with Gasteiger partial charge in [-0.15, -0.1) is 0 Å². The zero-order chi connectivity index (χ0) is 18.8. The summed E-state index contributed by atoms with van der Waals surface area (Å²) >= 11 is 0. The molecule has 0 rings (SSSR count). The van der Waals surface area contributed by atoms with Crippen LogP contribution in [0, 0.1) is 10.1 Å². The number of hydrogen-bond acceptors (Lipinski definition) is 4. The van der Waals surface area contributed by atoms with Crippen LogP contribution in [0.3, 0.4) is 0 Å². The van der Waals surface area contributed by atoms with E-state index in [2.05, 4.69) is 37.3 Å². The highest BCUT2D eigenvalue weighted by molar-refractivity contribution is 5.48. The van der Waals surface area contributed by atoms with Crippen molar-refractivity contribution in [3.05, 3.63) is 58.7 Å². The van der Waals surface area contributed by atoms with Gasteiger partial charge in [-0.25, -0.2) is 0 Å². The maximum absolute atomic E-state index is 11.0. The average molecular weight is 349 g/mol. The summed E-state index contributed by atoms with van der Waals surface area (Å²) in [5.74, 6) is 0. The Kier molecular flexibility index (Phi) is 15.5. The number of nitrogens with zero attached hydrogens (tertiary/aromatic N) is 1. The number of aliphatic hydroxyl groups excluding tert-OH is 1. The lowest BCUT2D eigenvalue weighted by molar-refractivity contribution is -0.535. The van der Waals surface area contributed by atoms with Crippen molar-refractivity contribution in [2.45, 2.75) is 70.4 Å². The molecule has 0 amide bonds. The molecule has 0 radical (unpaired) electrons. The van der Waals surface area contributed by atoms with Crippen LogP contribution in [0.15, 0.2) is 48.6 Å². The highest BCUT2D eigenvalue weighted by Gasteiger charge is 2.27. The normalized spacial score (nSPS) is 14.8. The summed E-state index contributed by atoms with van der Waals surface area (Å²) in [6, 6.07) is -1.01. The van der Waals surface area contributed by atoms with E-state index in [1.54, 1.807) is 6.08 Å². The zero-order valence-electron chi connectivity index (χ0n) is 15.1. The van der Waals surface area contributed by atoms with E-state index >= 15 is 0 Å². The van der Waals surface area contributed by atoms with Gasteiger partial charge < -0.3 is 9.90 Å². The largest absolute Gasteiger partial charge is 0.386 e. The Labute approximate surface area is 151 Å². The number of hydrogen-bond donors (Lipinski definition) is 1. The van der Waals surface area contributed by atoms with Crippen LogP contribution >= 0.6 is 0 Å². The lowest BCUT2D eigenvalue weighted by atomic mass is 10.0. The highest BCUT2D eigenvalue weighted by Crippen LogP contribution is 2.11. The van der Waals surface area contributed by atoms with E-state index in [4.69, 9.17) is 0 Å². The Balaban J connectivity index is 3.96. The SMILES string of the molecule is CC/C=C\C/C=C\C/C=C\C/C=C\CC(O)C(CCCC=O)[N+](=O)[O-]. The molecule has 0 saturated carbocycles. The third-order valence-corrected chi connectivity index (χ3v) is 3.63. The molecule has 0 fully saturated rings. The highest BCUT2D eigenvalue weighted by atomic mass is 16.6.